The fourth-order valence-electron chi connectivity index (χ4n) is 2.35. The maximum atomic E-state index is 6.14. The first-order valence-electron chi connectivity index (χ1n) is 8.27. The van der Waals surface area contributed by atoms with Crippen molar-refractivity contribution in [3.63, 3.8) is 0 Å². The number of benzene rings is 2. The summed E-state index contributed by atoms with van der Waals surface area (Å²) >= 11 is 0. The molecule has 24 heavy (non-hydrogen) atoms. The molecule has 2 aromatic rings. The zero-order valence-corrected chi connectivity index (χ0v) is 15.8. The largest absolute Gasteiger partial charge is 0.457 e. The van der Waals surface area contributed by atoms with Gasteiger partial charge in [0.15, 0.2) is 0 Å². The lowest BCUT2D eigenvalue weighted by molar-refractivity contribution is 0.474. The average Bonchev–Trinajstić information content (AvgIpc) is 2.48. The van der Waals surface area contributed by atoms with Gasteiger partial charge in [0.2, 0.25) is 0 Å². The van der Waals surface area contributed by atoms with E-state index in [9.17, 15) is 0 Å². The van der Waals surface area contributed by atoms with E-state index >= 15 is 0 Å². The van der Waals surface area contributed by atoms with Crippen molar-refractivity contribution in [3.8, 4) is 11.5 Å². The second-order valence-corrected chi connectivity index (χ2v) is 7.49. The third-order valence-electron chi connectivity index (χ3n) is 3.85. The molecule has 0 saturated carbocycles. The van der Waals surface area contributed by atoms with Crippen LogP contribution in [-0.4, -0.2) is 25.3 Å². The lowest BCUT2D eigenvalue weighted by Crippen LogP contribution is -2.10. The minimum absolute atomic E-state index is 0.106. The number of ether oxygens (including phenoxy) is 1. The second kappa shape index (κ2) is 7.08. The molecular formula is C21H28N2O. The molecule has 0 aliphatic rings. The molecule has 0 radical (unpaired) electrons. The van der Waals surface area contributed by atoms with Crippen LogP contribution in [0.25, 0.3) is 0 Å². The molecule has 0 heterocycles. The van der Waals surface area contributed by atoms with E-state index in [1.807, 2.05) is 37.5 Å². The Labute approximate surface area is 146 Å². The SMILES string of the molecule is Cc1cc(Oc2cccc(C(C)(C)C)c2)c(C)cc1N=CN(C)C. The number of rotatable bonds is 4. The Morgan fingerprint density at radius 1 is 1.00 bits per heavy atom. The van der Waals surface area contributed by atoms with Crippen LogP contribution < -0.4 is 4.74 Å². The summed E-state index contributed by atoms with van der Waals surface area (Å²) < 4.78 is 6.14. The van der Waals surface area contributed by atoms with Crippen LogP contribution in [0.3, 0.4) is 0 Å². The molecule has 128 valence electrons. The van der Waals surface area contributed by atoms with Crippen molar-refractivity contribution in [1.82, 2.24) is 4.90 Å². The second-order valence-electron chi connectivity index (χ2n) is 7.49. The van der Waals surface area contributed by atoms with Crippen LogP contribution in [0.2, 0.25) is 0 Å². The molecule has 0 atom stereocenters. The summed E-state index contributed by atoms with van der Waals surface area (Å²) in [5, 5.41) is 0. The third kappa shape index (κ3) is 4.60. The molecule has 0 spiro atoms. The van der Waals surface area contributed by atoms with Crippen LogP contribution in [0, 0.1) is 13.8 Å². The van der Waals surface area contributed by atoms with E-state index in [4.69, 9.17) is 4.74 Å². The Morgan fingerprint density at radius 3 is 2.33 bits per heavy atom. The molecule has 3 heteroatoms. The van der Waals surface area contributed by atoms with E-state index in [1.54, 1.807) is 0 Å². The van der Waals surface area contributed by atoms with Gasteiger partial charge in [-0.2, -0.15) is 0 Å². The highest BCUT2D eigenvalue weighted by molar-refractivity contribution is 5.64. The van der Waals surface area contributed by atoms with E-state index in [1.165, 1.54) is 5.56 Å². The molecule has 0 bridgehead atoms. The molecule has 0 aromatic heterocycles. The van der Waals surface area contributed by atoms with Gasteiger partial charge in [0.25, 0.3) is 0 Å². The van der Waals surface area contributed by atoms with Crippen LogP contribution in [0.1, 0.15) is 37.5 Å². The first kappa shape index (κ1) is 18.1. The summed E-state index contributed by atoms with van der Waals surface area (Å²) in [6.07, 6.45) is 1.81. The Bertz CT molecular complexity index is 740. The number of hydrogen-bond donors (Lipinski definition) is 0. The smallest absolute Gasteiger partial charge is 0.130 e. The Hall–Kier alpha value is -2.29. The van der Waals surface area contributed by atoms with E-state index in [0.29, 0.717) is 0 Å². The molecular weight excluding hydrogens is 296 g/mol. The van der Waals surface area contributed by atoms with Crippen molar-refractivity contribution < 1.29 is 4.74 Å². The minimum atomic E-state index is 0.106. The van der Waals surface area contributed by atoms with Gasteiger partial charge in [-0.3, -0.25) is 0 Å². The zero-order chi connectivity index (χ0) is 17.9. The normalized spacial score (nSPS) is 11.8. The van der Waals surface area contributed by atoms with Gasteiger partial charge in [-0.05, 0) is 60.2 Å². The van der Waals surface area contributed by atoms with Gasteiger partial charge in [-0.15, -0.1) is 0 Å². The maximum absolute atomic E-state index is 6.14. The standard InChI is InChI=1S/C21H28N2O/c1-15-12-20(16(2)11-19(15)22-14-23(6)7)24-18-10-8-9-17(13-18)21(3,4)5/h8-14H,1-7H3. The van der Waals surface area contributed by atoms with Crippen molar-refractivity contribution in [3.05, 3.63) is 53.1 Å². The van der Waals surface area contributed by atoms with Gasteiger partial charge < -0.3 is 9.64 Å². The number of aryl methyl sites for hydroxylation is 2. The first-order chi connectivity index (χ1) is 11.2. The molecule has 2 aromatic carbocycles. The third-order valence-corrected chi connectivity index (χ3v) is 3.85. The van der Waals surface area contributed by atoms with Crippen LogP contribution in [0.5, 0.6) is 11.5 Å². The molecule has 0 saturated heterocycles. The zero-order valence-electron chi connectivity index (χ0n) is 15.8. The summed E-state index contributed by atoms with van der Waals surface area (Å²) in [6.45, 7) is 10.7. The van der Waals surface area contributed by atoms with E-state index in [2.05, 4.69) is 63.9 Å². The molecule has 0 amide bonds. The van der Waals surface area contributed by atoms with Crippen molar-refractivity contribution in [2.75, 3.05) is 14.1 Å². The summed E-state index contributed by atoms with van der Waals surface area (Å²) in [5.74, 6) is 1.75. The van der Waals surface area contributed by atoms with Gasteiger partial charge in [0.05, 0.1) is 12.0 Å². The van der Waals surface area contributed by atoms with E-state index < -0.39 is 0 Å². The van der Waals surface area contributed by atoms with Gasteiger partial charge in [-0.1, -0.05) is 32.9 Å². The van der Waals surface area contributed by atoms with Crippen molar-refractivity contribution in [2.24, 2.45) is 4.99 Å². The van der Waals surface area contributed by atoms with Gasteiger partial charge in [0, 0.05) is 14.1 Å². The summed E-state index contributed by atoms with van der Waals surface area (Å²) in [4.78, 5) is 6.43. The van der Waals surface area contributed by atoms with Gasteiger partial charge in [-0.25, -0.2) is 4.99 Å². The fourth-order valence-corrected chi connectivity index (χ4v) is 2.35. The molecule has 0 unspecified atom stereocenters. The number of aliphatic imine (C=N–C) groups is 1. The van der Waals surface area contributed by atoms with Gasteiger partial charge in [0.1, 0.15) is 11.5 Å². The van der Waals surface area contributed by atoms with E-state index in [-0.39, 0.29) is 5.41 Å². The van der Waals surface area contributed by atoms with Gasteiger partial charge >= 0.3 is 0 Å². The van der Waals surface area contributed by atoms with Crippen molar-refractivity contribution in [1.29, 1.82) is 0 Å². The average molecular weight is 324 g/mol. The van der Waals surface area contributed by atoms with E-state index in [0.717, 1.165) is 28.3 Å². The molecule has 0 aliphatic heterocycles. The predicted molar refractivity (Wildman–Crippen MR) is 103 cm³/mol. The molecule has 3 nitrogen and oxygen atoms in total. The highest BCUT2D eigenvalue weighted by Crippen LogP contribution is 2.33. The number of hydrogen-bond acceptors (Lipinski definition) is 2. The molecule has 2 rings (SSSR count). The summed E-state index contributed by atoms with van der Waals surface area (Å²) in [7, 11) is 3.93. The minimum Gasteiger partial charge on any atom is -0.457 e. The Kier molecular flexibility index (Phi) is 5.33. The summed E-state index contributed by atoms with van der Waals surface area (Å²) in [6, 6.07) is 12.4. The van der Waals surface area contributed by atoms with Crippen LogP contribution in [0.4, 0.5) is 5.69 Å². The highest BCUT2D eigenvalue weighted by Gasteiger charge is 2.14. The Balaban J connectivity index is 2.29. The Morgan fingerprint density at radius 2 is 1.71 bits per heavy atom. The fraction of sp³-hybridized carbons (Fsp3) is 0.381. The first-order valence-corrected chi connectivity index (χ1v) is 8.27. The molecule has 0 fully saturated rings. The lowest BCUT2D eigenvalue weighted by Gasteiger charge is -2.20. The number of nitrogens with zero attached hydrogens (tertiary/aromatic N) is 2. The maximum Gasteiger partial charge on any atom is 0.130 e. The summed E-state index contributed by atoms with van der Waals surface area (Å²) in [5.41, 5.74) is 4.52. The molecule has 0 aliphatic carbocycles. The predicted octanol–water partition coefficient (Wildman–Crippen LogP) is 5.61. The van der Waals surface area contributed by atoms with Crippen molar-refractivity contribution >= 4 is 12.0 Å². The molecule has 0 N–H and O–H groups in total. The van der Waals surface area contributed by atoms with Crippen molar-refractivity contribution in [2.45, 2.75) is 40.0 Å². The van der Waals surface area contributed by atoms with Crippen LogP contribution in [-0.2, 0) is 5.41 Å². The lowest BCUT2D eigenvalue weighted by atomic mass is 9.87. The topological polar surface area (TPSA) is 24.8 Å². The van der Waals surface area contributed by atoms with Crippen LogP contribution in [0.15, 0.2) is 41.4 Å². The van der Waals surface area contributed by atoms with Crippen LogP contribution >= 0.6 is 0 Å². The highest BCUT2D eigenvalue weighted by atomic mass is 16.5. The quantitative estimate of drug-likeness (QED) is 0.539. The monoisotopic (exact) mass is 324 g/mol.